The molecule has 0 radical (unpaired) electrons. The number of nitrogens with zero attached hydrogens (tertiary/aromatic N) is 1. The Morgan fingerprint density at radius 1 is 1.41 bits per heavy atom. The minimum atomic E-state index is 0.723. The van der Waals surface area contributed by atoms with Crippen LogP contribution in [0.15, 0.2) is 18.3 Å². The maximum absolute atomic E-state index is 4.52. The maximum atomic E-state index is 4.52. The van der Waals surface area contributed by atoms with E-state index in [1.165, 1.54) is 37.1 Å². The van der Waals surface area contributed by atoms with Gasteiger partial charge in [0, 0.05) is 17.9 Å². The van der Waals surface area contributed by atoms with Gasteiger partial charge in [0.25, 0.3) is 0 Å². The molecule has 1 heterocycles. The summed E-state index contributed by atoms with van der Waals surface area (Å²) >= 11 is 0. The minimum Gasteiger partial charge on any atom is -0.314 e. The highest BCUT2D eigenvalue weighted by Crippen LogP contribution is 2.19. The molecular formula is C15H24N2. The molecule has 2 heteroatoms. The Morgan fingerprint density at radius 3 is 2.82 bits per heavy atom. The zero-order chi connectivity index (χ0) is 12.1. The Balaban J connectivity index is 1.70. The molecule has 17 heavy (non-hydrogen) atoms. The van der Waals surface area contributed by atoms with Crippen LogP contribution in [-0.2, 0) is 12.8 Å². The minimum absolute atomic E-state index is 0.723. The predicted octanol–water partition coefficient (Wildman–Crippen LogP) is 2.96. The topological polar surface area (TPSA) is 24.9 Å². The fourth-order valence-corrected chi connectivity index (χ4v) is 2.07. The van der Waals surface area contributed by atoms with Gasteiger partial charge in [-0.2, -0.15) is 0 Å². The van der Waals surface area contributed by atoms with Crippen molar-refractivity contribution >= 4 is 0 Å². The van der Waals surface area contributed by atoms with Crippen molar-refractivity contribution in [3.8, 4) is 0 Å². The summed E-state index contributed by atoms with van der Waals surface area (Å²) < 4.78 is 0. The standard InChI is InChI=1S/C15H24N2/c1-3-13-4-5-15(17-11-13)10-12(2)8-9-16-14-6-7-14/h4-5,11-12,14,16H,3,6-10H2,1-2H3. The van der Waals surface area contributed by atoms with Gasteiger partial charge in [-0.1, -0.05) is 19.9 Å². The van der Waals surface area contributed by atoms with Crippen LogP contribution in [0.4, 0.5) is 0 Å². The molecule has 1 unspecified atom stereocenters. The molecule has 0 amide bonds. The Bertz CT molecular complexity index is 327. The quantitative estimate of drug-likeness (QED) is 0.782. The van der Waals surface area contributed by atoms with E-state index in [2.05, 4.69) is 36.3 Å². The molecule has 2 rings (SSSR count). The van der Waals surface area contributed by atoms with Crippen molar-refractivity contribution in [1.82, 2.24) is 10.3 Å². The summed E-state index contributed by atoms with van der Waals surface area (Å²) in [5.74, 6) is 0.723. The molecule has 0 saturated heterocycles. The summed E-state index contributed by atoms with van der Waals surface area (Å²) in [5, 5.41) is 3.57. The molecule has 1 aromatic heterocycles. The van der Waals surface area contributed by atoms with E-state index in [0.717, 1.165) is 24.8 Å². The van der Waals surface area contributed by atoms with Crippen LogP contribution >= 0.6 is 0 Å². The van der Waals surface area contributed by atoms with Gasteiger partial charge in [0.2, 0.25) is 0 Å². The first kappa shape index (κ1) is 12.6. The first-order chi connectivity index (χ1) is 8.28. The molecule has 0 aromatic carbocycles. The molecule has 1 N–H and O–H groups in total. The van der Waals surface area contributed by atoms with Crippen LogP contribution in [-0.4, -0.2) is 17.6 Å². The van der Waals surface area contributed by atoms with Crippen LogP contribution in [0, 0.1) is 5.92 Å². The highest BCUT2D eigenvalue weighted by atomic mass is 14.9. The molecule has 0 aliphatic heterocycles. The van der Waals surface area contributed by atoms with E-state index in [9.17, 15) is 0 Å². The summed E-state index contributed by atoms with van der Waals surface area (Å²) in [6.07, 6.45) is 8.23. The van der Waals surface area contributed by atoms with Gasteiger partial charge in [0.15, 0.2) is 0 Å². The van der Waals surface area contributed by atoms with Crippen molar-refractivity contribution in [1.29, 1.82) is 0 Å². The number of rotatable bonds is 7. The van der Waals surface area contributed by atoms with E-state index in [0.29, 0.717) is 0 Å². The van der Waals surface area contributed by atoms with E-state index in [-0.39, 0.29) is 0 Å². The molecule has 1 atom stereocenters. The van der Waals surface area contributed by atoms with Crippen LogP contribution in [0.25, 0.3) is 0 Å². The van der Waals surface area contributed by atoms with Crippen LogP contribution in [0.5, 0.6) is 0 Å². The largest absolute Gasteiger partial charge is 0.314 e. The summed E-state index contributed by atoms with van der Waals surface area (Å²) in [5.41, 5.74) is 2.57. The molecule has 2 nitrogen and oxygen atoms in total. The van der Waals surface area contributed by atoms with Gasteiger partial charge < -0.3 is 5.32 Å². The van der Waals surface area contributed by atoms with Gasteiger partial charge in [-0.05, 0) is 56.2 Å². The Hall–Kier alpha value is -0.890. The highest BCUT2D eigenvalue weighted by molar-refractivity contribution is 5.14. The molecular weight excluding hydrogens is 208 g/mol. The number of hydrogen-bond donors (Lipinski definition) is 1. The van der Waals surface area contributed by atoms with Crippen molar-refractivity contribution < 1.29 is 0 Å². The Morgan fingerprint density at radius 2 is 2.24 bits per heavy atom. The van der Waals surface area contributed by atoms with Gasteiger partial charge in [-0.3, -0.25) is 4.98 Å². The summed E-state index contributed by atoms with van der Waals surface area (Å²) in [7, 11) is 0. The second-order valence-electron chi connectivity index (χ2n) is 5.34. The molecule has 1 aromatic rings. The van der Waals surface area contributed by atoms with Crippen molar-refractivity contribution in [2.75, 3.05) is 6.54 Å². The third kappa shape index (κ3) is 4.47. The van der Waals surface area contributed by atoms with Crippen LogP contribution in [0.1, 0.15) is 44.4 Å². The van der Waals surface area contributed by atoms with E-state index in [4.69, 9.17) is 0 Å². The van der Waals surface area contributed by atoms with Gasteiger partial charge in [0.1, 0.15) is 0 Å². The second kappa shape index (κ2) is 6.15. The normalized spacial score (nSPS) is 17.1. The zero-order valence-electron chi connectivity index (χ0n) is 11.1. The third-order valence-electron chi connectivity index (χ3n) is 3.50. The average Bonchev–Trinajstić information content (AvgIpc) is 3.14. The number of nitrogens with one attached hydrogen (secondary N) is 1. The van der Waals surface area contributed by atoms with E-state index < -0.39 is 0 Å². The van der Waals surface area contributed by atoms with E-state index in [1.807, 2.05) is 6.20 Å². The first-order valence-corrected chi connectivity index (χ1v) is 6.95. The monoisotopic (exact) mass is 232 g/mol. The van der Waals surface area contributed by atoms with E-state index in [1.54, 1.807) is 0 Å². The molecule has 0 bridgehead atoms. The van der Waals surface area contributed by atoms with Gasteiger partial charge in [0.05, 0.1) is 0 Å². The molecule has 1 aliphatic rings. The first-order valence-electron chi connectivity index (χ1n) is 6.95. The SMILES string of the molecule is CCc1ccc(CC(C)CCNC2CC2)nc1. The maximum Gasteiger partial charge on any atom is 0.0406 e. The number of aromatic nitrogens is 1. The Kier molecular flexibility index (Phi) is 4.55. The number of hydrogen-bond acceptors (Lipinski definition) is 2. The summed E-state index contributed by atoms with van der Waals surface area (Å²) in [6, 6.07) is 5.23. The van der Waals surface area contributed by atoms with E-state index >= 15 is 0 Å². The second-order valence-corrected chi connectivity index (χ2v) is 5.34. The molecule has 0 spiro atoms. The van der Waals surface area contributed by atoms with Crippen LogP contribution < -0.4 is 5.32 Å². The number of pyridine rings is 1. The van der Waals surface area contributed by atoms with Gasteiger partial charge in [-0.15, -0.1) is 0 Å². The summed E-state index contributed by atoms with van der Waals surface area (Å²) in [6.45, 7) is 5.66. The fraction of sp³-hybridized carbons (Fsp3) is 0.667. The highest BCUT2D eigenvalue weighted by Gasteiger charge is 2.19. The number of aryl methyl sites for hydroxylation is 1. The van der Waals surface area contributed by atoms with Crippen LogP contribution in [0.2, 0.25) is 0 Å². The molecule has 1 fully saturated rings. The van der Waals surface area contributed by atoms with Crippen molar-refractivity contribution in [3.05, 3.63) is 29.6 Å². The lowest BCUT2D eigenvalue weighted by Crippen LogP contribution is -2.20. The van der Waals surface area contributed by atoms with Gasteiger partial charge >= 0.3 is 0 Å². The van der Waals surface area contributed by atoms with Crippen molar-refractivity contribution in [2.24, 2.45) is 5.92 Å². The van der Waals surface area contributed by atoms with Gasteiger partial charge in [-0.25, -0.2) is 0 Å². The molecule has 1 saturated carbocycles. The predicted molar refractivity (Wildman–Crippen MR) is 72.1 cm³/mol. The Labute approximate surface area is 105 Å². The van der Waals surface area contributed by atoms with Crippen molar-refractivity contribution in [2.45, 2.75) is 52.0 Å². The average molecular weight is 232 g/mol. The lowest BCUT2D eigenvalue weighted by molar-refractivity contribution is 0.493. The molecule has 1 aliphatic carbocycles. The van der Waals surface area contributed by atoms with Crippen LogP contribution in [0.3, 0.4) is 0 Å². The van der Waals surface area contributed by atoms with Crippen molar-refractivity contribution in [3.63, 3.8) is 0 Å². The molecule has 94 valence electrons. The fourth-order valence-electron chi connectivity index (χ4n) is 2.07. The third-order valence-corrected chi connectivity index (χ3v) is 3.50. The smallest absolute Gasteiger partial charge is 0.0406 e. The summed E-state index contributed by atoms with van der Waals surface area (Å²) in [4.78, 5) is 4.52. The lowest BCUT2D eigenvalue weighted by atomic mass is 10.0. The lowest BCUT2D eigenvalue weighted by Gasteiger charge is -2.11. The zero-order valence-corrected chi connectivity index (χ0v) is 11.1.